The standard InChI is InChI=1S/C27H29FN2O3/c1-3-32-27(31)19(2)16-30-14-13-25-21(17-30)9-12-26(29-25)23-11-10-22(15-24(23)28)33-18-20-7-5-4-6-8-20/h4-12,15,19H,3,13-14,16-18H2,1-2H3. The Kier molecular flexibility index (Phi) is 7.35. The van der Waals surface area contributed by atoms with Crippen LogP contribution in [0.1, 0.15) is 30.7 Å². The van der Waals surface area contributed by atoms with E-state index in [2.05, 4.69) is 4.90 Å². The average molecular weight is 449 g/mol. The first kappa shape index (κ1) is 22.9. The predicted octanol–water partition coefficient (Wildman–Crippen LogP) is 5.02. The first-order chi connectivity index (χ1) is 16.0. The molecule has 0 bridgehead atoms. The minimum absolute atomic E-state index is 0.163. The van der Waals surface area contributed by atoms with Crippen molar-refractivity contribution in [1.82, 2.24) is 9.88 Å². The molecule has 1 unspecified atom stereocenters. The predicted molar refractivity (Wildman–Crippen MR) is 125 cm³/mol. The first-order valence-corrected chi connectivity index (χ1v) is 11.4. The van der Waals surface area contributed by atoms with Crippen molar-refractivity contribution >= 4 is 5.97 Å². The van der Waals surface area contributed by atoms with Gasteiger partial charge in [0.25, 0.3) is 0 Å². The number of carbonyl (C=O) groups is 1. The second-order valence-corrected chi connectivity index (χ2v) is 8.36. The second-order valence-electron chi connectivity index (χ2n) is 8.36. The lowest BCUT2D eigenvalue weighted by Crippen LogP contribution is -2.37. The van der Waals surface area contributed by atoms with Gasteiger partial charge in [-0.15, -0.1) is 0 Å². The second kappa shape index (κ2) is 10.6. The van der Waals surface area contributed by atoms with Gasteiger partial charge in [0.05, 0.1) is 18.2 Å². The van der Waals surface area contributed by atoms with Gasteiger partial charge in [0.2, 0.25) is 0 Å². The van der Waals surface area contributed by atoms with E-state index in [1.807, 2.05) is 56.3 Å². The highest BCUT2D eigenvalue weighted by Gasteiger charge is 2.23. The molecular formula is C27H29FN2O3. The number of pyridine rings is 1. The number of aromatic nitrogens is 1. The number of ether oxygens (including phenoxy) is 2. The number of halogens is 1. The zero-order chi connectivity index (χ0) is 23.2. The molecule has 3 aromatic rings. The number of nitrogens with zero attached hydrogens (tertiary/aromatic N) is 2. The molecule has 172 valence electrons. The van der Waals surface area contributed by atoms with Crippen molar-refractivity contribution in [3.63, 3.8) is 0 Å². The summed E-state index contributed by atoms with van der Waals surface area (Å²) >= 11 is 0. The highest BCUT2D eigenvalue weighted by Crippen LogP contribution is 2.28. The Balaban J connectivity index is 1.41. The Bertz CT molecular complexity index is 1100. The number of hydrogen-bond acceptors (Lipinski definition) is 5. The quantitative estimate of drug-likeness (QED) is 0.453. The highest BCUT2D eigenvalue weighted by molar-refractivity contribution is 5.72. The SMILES string of the molecule is CCOC(=O)C(C)CN1CCc2nc(-c3ccc(OCc4ccccc4)cc3F)ccc2C1. The zero-order valence-corrected chi connectivity index (χ0v) is 19.1. The maximum absolute atomic E-state index is 14.9. The van der Waals surface area contributed by atoms with E-state index in [9.17, 15) is 9.18 Å². The van der Waals surface area contributed by atoms with Crippen molar-refractivity contribution in [1.29, 1.82) is 0 Å². The molecule has 4 rings (SSSR count). The number of fused-ring (bicyclic) bond motifs is 1. The molecule has 0 aliphatic carbocycles. The molecule has 0 radical (unpaired) electrons. The van der Waals surface area contributed by atoms with E-state index in [0.717, 1.165) is 36.3 Å². The fourth-order valence-corrected chi connectivity index (χ4v) is 4.06. The molecule has 33 heavy (non-hydrogen) atoms. The average Bonchev–Trinajstić information content (AvgIpc) is 2.83. The first-order valence-electron chi connectivity index (χ1n) is 11.4. The number of rotatable bonds is 8. The van der Waals surface area contributed by atoms with Crippen LogP contribution in [0.25, 0.3) is 11.3 Å². The summed E-state index contributed by atoms with van der Waals surface area (Å²) in [4.78, 5) is 18.9. The van der Waals surface area contributed by atoms with E-state index in [0.29, 0.717) is 36.8 Å². The summed E-state index contributed by atoms with van der Waals surface area (Å²) in [6.07, 6.45) is 0.763. The van der Waals surface area contributed by atoms with E-state index in [1.165, 1.54) is 6.07 Å². The lowest BCUT2D eigenvalue weighted by molar-refractivity contribution is -0.148. The minimum atomic E-state index is -0.353. The molecule has 0 spiro atoms. The van der Waals surface area contributed by atoms with Gasteiger partial charge < -0.3 is 9.47 Å². The molecule has 2 heterocycles. The van der Waals surface area contributed by atoms with Gasteiger partial charge >= 0.3 is 5.97 Å². The summed E-state index contributed by atoms with van der Waals surface area (Å²) in [6.45, 7) is 6.68. The third-order valence-corrected chi connectivity index (χ3v) is 5.81. The van der Waals surface area contributed by atoms with Gasteiger partial charge in [-0.05, 0) is 36.2 Å². The van der Waals surface area contributed by atoms with E-state index in [-0.39, 0.29) is 17.7 Å². The number of carbonyl (C=O) groups excluding carboxylic acids is 1. The number of hydrogen-bond donors (Lipinski definition) is 0. The molecule has 0 amide bonds. The molecule has 1 atom stereocenters. The van der Waals surface area contributed by atoms with Gasteiger partial charge in [-0.1, -0.05) is 43.3 Å². The van der Waals surface area contributed by atoms with Gasteiger partial charge in [0, 0.05) is 43.4 Å². The van der Waals surface area contributed by atoms with E-state index in [1.54, 1.807) is 12.1 Å². The van der Waals surface area contributed by atoms with Gasteiger partial charge in [-0.2, -0.15) is 0 Å². The van der Waals surface area contributed by atoms with Crippen LogP contribution in [-0.2, 0) is 29.1 Å². The summed E-state index contributed by atoms with van der Waals surface area (Å²) in [5.74, 6) is -0.197. The Morgan fingerprint density at radius 1 is 1.15 bits per heavy atom. The van der Waals surface area contributed by atoms with Crippen LogP contribution in [0.5, 0.6) is 5.75 Å². The van der Waals surface area contributed by atoms with Crippen molar-refractivity contribution in [2.75, 3.05) is 19.7 Å². The molecule has 0 N–H and O–H groups in total. The topological polar surface area (TPSA) is 51.7 Å². The summed E-state index contributed by atoms with van der Waals surface area (Å²) in [5.41, 5.74) is 4.21. The van der Waals surface area contributed by atoms with Gasteiger partial charge in [0.15, 0.2) is 0 Å². The molecule has 0 fully saturated rings. The van der Waals surface area contributed by atoms with E-state index in [4.69, 9.17) is 14.5 Å². The fraction of sp³-hybridized carbons (Fsp3) is 0.333. The minimum Gasteiger partial charge on any atom is -0.489 e. The Morgan fingerprint density at radius 2 is 1.97 bits per heavy atom. The molecule has 1 aromatic heterocycles. The Labute approximate surface area is 194 Å². The van der Waals surface area contributed by atoms with Gasteiger partial charge in [-0.25, -0.2) is 4.39 Å². The summed E-state index contributed by atoms with van der Waals surface area (Å²) < 4.78 is 25.7. The van der Waals surface area contributed by atoms with Crippen molar-refractivity contribution in [3.8, 4) is 17.0 Å². The molecule has 2 aromatic carbocycles. The summed E-state index contributed by atoms with van der Waals surface area (Å²) in [6, 6.07) is 18.6. The molecular weight excluding hydrogens is 419 g/mol. The third-order valence-electron chi connectivity index (χ3n) is 5.81. The lowest BCUT2D eigenvalue weighted by atomic mass is 10.0. The van der Waals surface area contributed by atoms with Crippen LogP contribution in [0, 0.1) is 11.7 Å². The Hall–Kier alpha value is -3.25. The van der Waals surface area contributed by atoms with Crippen molar-refractivity contribution in [2.45, 2.75) is 33.4 Å². The maximum Gasteiger partial charge on any atom is 0.309 e. The monoisotopic (exact) mass is 448 g/mol. The van der Waals surface area contributed by atoms with Crippen LogP contribution in [0.2, 0.25) is 0 Å². The smallest absolute Gasteiger partial charge is 0.309 e. The van der Waals surface area contributed by atoms with Crippen LogP contribution in [0.3, 0.4) is 0 Å². The normalized spacial score (nSPS) is 14.4. The van der Waals surface area contributed by atoms with E-state index >= 15 is 0 Å². The highest BCUT2D eigenvalue weighted by atomic mass is 19.1. The molecule has 5 nitrogen and oxygen atoms in total. The van der Waals surface area contributed by atoms with Gasteiger partial charge in [-0.3, -0.25) is 14.7 Å². The summed E-state index contributed by atoms with van der Waals surface area (Å²) in [7, 11) is 0. The summed E-state index contributed by atoms with van der Waals surface area (Å²) in [5, 5.41) is 0. The largest absolute Gasteiger partial charge is 0.489 e. The molecule has 0 saturated heterocycles. The Morgan fingerprint density at radius 3 is 2.73 bits per heavy atom. The number of benzene rings is 2. The molecule has 6 heteroatoms. The van der Waals surface area contributed by atoms with Crippen LogP contribution in [0.15, 0.2) is 60.7 Å². The van der Waals surface area contributed by atoms with Crippen molar-refractivity contribution in [2.24, 2.45) is 5.92 Å². The number of esters is 1. The van der Waals surface area contributed by atoms with E-state index < -0.39 is 0 Å². The fourth-order valence-electron chi connectivity index (χ4n) is 4.06. The lowest BCUT2D eigenvalue weighted by Gasteiger charge is -2.30. The van der Waals surface area contributed by atoms with Crippen LogP contribution in [-0.4, -0.2) is 35.5 Å². The van der Waals surface area contributed by atoms with Crippen LogP contribution in [0.4, 0.5) is 4.39 Å². The maximum atomic E-state index is 14.9. The third kappa shape index (κ3) is 5.76. The van der Waals surface area contributed by atoms with Gasteiger partial charge in [0.1, 0.15) is 18.2 Å². The van der Waals surface area contributed by atoms with Crippen LogP contribution < -0.4 is 4.74 Å². The van der Waals surface area contributed by atoms with Crippen molar-refractivity contribution in [3.05, 3.63) is 83.3 Å². The molecule has 1 aliphatic rings. The zero-order valence-electron chi connectivity index (χ0n) is 19.1. The van der Waals surface area contributed by atoms with Crippen molar-refractivity contribution < 1.29 is 18.7 Å². The van der Waals surface area contributed by atoms with Crippen LogP contribution >= 0.6 is 0 Å². The molecule has 0 saturated carbocycles. The molecule has 1 aliphatic heterocycles.